The van der Waals surface area contributed by atoms with Crippen LogP contribution in [0.5, 0.6) is 0 Å². The van der Waals surface area contributed by atoms with E-state index < -0.39 is 84.5 Å². The second kappa shape index (κ2) is 35.0. The Morgan fingerprint density at radius 1 is 0.677 bits per heavy atom. The van der Waals surface area contributed by atoms with Crippen molar-refractivity contribution in [2.75, 3.05) is 26.4 Å². The molecule has 62 heavy (non-hydrogen) atoms. The molecule has 8 atom stereocenters. The largest absolute Gasteiger partial charge is 0.472 e. The van der Waals surface area contributed by atoms with Crippen molar-refractivity contribution in [2.45, 2.75) is 166 Å². The average Bonchev–Trinajstić information content (AvgIpc) is 3.49. The van der Waals surface area contributed by atoms with E-state index in [4.69, 9.17) is 23.8 Å². The summed E-state index contributed by atoms with van der Waals surface area (Å²) in [5, 5.41) is 41.1. The van der Waals surface area contributed by atoms with Gasteiger partial charge >= 0.3 is 27.6 Å². The van der Waals surface area contributed by atoms with Gasteiger partial charge in [-0.1, -0.05) is 126 Å². The quantitative estimate of drug-likeness (QED) is 0.0137. The fourth-order valence-electron chi connectivity index (χ4n) is 6.51. The van der Waals surface area contributed by atoms with Crippen LogP contribution in [0.4, 0.5) is 0 Å². The summed E-state index contributed by atoms with van der Waals surface area (Å²) in [6.07, 6.45) is 29.3. The number of phosphoric ester groups is 2. The smallest absolute Gasteiger partial charge is 0.461 e. The lowest BCUT2D eigenvalue weighted by molar-refractivity contribution is -0.160. The van der Waals surface area contributed by atoms with E-state index in [0.717, 1.165) is 38.5 Å². The summed E-state index contributed by atoms with van der Waals surface area (Å²) in [5.74, 6) is -2.11. The maximum Gasteiger partial charge on any atom is 0.472 e. The van der Waals surface area contributed by atoms with Crippen molar-refractivity contribution in [1.29, 1.82) is 0 Å². The SMILES string of the molecule is CCCCCCCC/C=C\C/C=C\C/C=C\CCCC(=O)O[C@H](COC(=O)C/C=C\C[C@H]1[C@@H](/C=C/[C@H](O)CCCCC)[C@H](O)C[C@@H]1O)COP(=O)(O)OC[C@@H](O)COP(=O)(O)O. The minimum absolute atomic E-state index is 0.00841. The fourth-order valence-corrected chi connectivity index (χ4v) is 7.67. The molecule has 0 radical (unpaired) electrons. The summed E-state index contributed by atoms with van der Waals surface area (Å²) in [7, 11) is -9.81. The van der Waals surface area contributed by atoms with Crippen LogP contribution in [0.15, 0.2) is 60.8 Å². The predicted molar refractivity (Wildman–Crippen MR) is 236 cm³/mol. The van der Waals surface area contributed by atoms with Gasteiger partial charge in [0, 0.05) is 18.8 Å². The number of aliphatic hydroxyl groups is 4. The van der Waals surface area contributed by atoms with Crippen LogP contribution >= 0.6 is 15.6 Å². The van der Waals surface area contributed by atoms with Gasteiger partial charge in [0.2, 0.25) is 0 Å². The first-order chi connectivity index (χ1) is 29.6. The molecule has 18 heteroatoms. The van der Waals surface area contributed by atoms with Crippen molar-refractivity contribution in [2.24, 2.45) is 11.8 Å². The maximum atomic E-state index is 12.7. The molecular formula is C44H76O16P2. The number of allylic oxidation sites excluding steroid dienone is 7. The van der Waals surface area contributed by atoms with Gasteiger partial charge in [0.1, 0.15) is 12.7 Å². The molecule has 0 bridgehead atoms. The van der Waals surface area contributed by atoms with Crippen LogP contribution < -0.4 is 0 Å². The highest BCUT2D eigenvalue weighted by Crippen LogP contribution is 2.44. The molecule has 16 nitrogen and oxygen atoms in total. The van der Waals surface area contributed by atoms with Crippen LogP contribution in [0.2, 0.25) is 0 Å². The lowest BCUT2D eigenvalue weighted by atomic mass is 9.89. The van der Waals surface area contributed by atoms with E-state index in [1.165, 1.54) is 44.6 Å². The fraction of sp³-hybridized carbons (Fsp3) is 0.727. The zero-order chi connectivity index (χ0) is 46.1. The van der Waals surface area contributed by atoms with Crippen LogP contribution in [0.3, 0.4) is 0 Å². The van der Waals surface area contributed by atoms with Gasteiger partial charge in [-0.25, -0.2) is 9.13 Å². The molecule has 1 fully saturated rings. The van der Waals surface area contributed by atoms with Crippen LogP contribution in [0.1, 0.15) is 136 Å². The Labute approximate surface area is 369 Å². The van der Waals surface area contributed by atoms with Gasteiger partial charge in [-0.3, -0.25) is 23.2 Å². The second-order valence-corrected chi connectivity index (χ2v) is 18.3. The van der Waals surface area contributed by atoms with Crippen molar-refractivity contribution < 1.29 is 76.9 Å². The molecule has 7 N–H and O–H groups in total. The minimum Gasteiger partial charge on any atom is -0.461 e. The first-order valence-electron chi connectivity index (χ1n) is 22.2. The molecule has 1 unspecified atom stereocenters. The summed E-state index contributed by atoms with van der Waals surface area (Å²) in [4.78, 5) is 52.9. The Hall–Kier alpha value is -2.30. The highest BCUT2D eigenvalue weighted by Gasteiger charge is 2.39. The van der Waals surface area contributed by atoms with Crippen molar-refractivity contribution >= 4 is 27.6 Å². The normalized spacial score (nSPS) is 21.1. The van der Waals surface area contributed by atoms with Gasteiger partial charge in [-0.2, -0.15) is 0 Å². The van der Waals surface area contributed by atoms with Gasteiger partial charge < -0.3 is 44.6 Å². The molecule has 1 aliphatic rings. The van der Waals surface area contributed by atoms with Crippen LogP contribution in [-0.2, 0) is 41.8 Å². The number of esters is 2. The van der Waals surface area contributed by atoms with Crippen LogP contribution in [0, 0.1) is 11.8 Å². The van der Waals surface area contributed by atoms with E-state index in [1.54, 1.807) is 18.2 Å². The summed E-state index contributed by atoms with van der Waals surface area (Å²) in [6, 6.07) is 0. The molecule has 0 amide bonds. The molecule has 0 heterocycles. The number of carbonyl (C=O) groups is 2. The molecule has 0 aliphatic heterocycles. The van der Waals surface area contributed by atoms with E-state index in [2.05, 4.69) is 47.2 Å². The van der Waals surface area contributed by atoms with Crippen molar-refractivity contribution in [3.05, 3.63) is 60.8 Å². The molecule has 358 valence electrons. The third-order valence-electron chi connectivity index (χ3n) is 9.97. The topological polar surface area (TPSA) is 256 Å². The van der Waals surface area contributed by atoms with Crippen molar-refractivity contribution in [3.8, 4) is 0 Å². The molecule has 0 saturated heterocycles. The van der Waals surface area contributed by atoms with Gasteiger partial charge in [-0.05, 0) is 57.3 Å². The van der Waals surface area contributed by atoms with Crippen molar-refractivity contribution in [3.63, 3.8) is 0 Å². The molecule has 1 aliphatic carbocycles. The van der Waals surface area contributed by atoms with E-state index in [9.17, 15) is 44.0 Å². The number of hydrogen-bond acceptors (Lipinski definition) is 13. The van der Waals surface area contributed by atoms with Gasteiger partial charge in [0.15, 0.2) is 6.10 Å². The standard InChI is InChI=1S/C44H76O16P2/c1-3-5-7-8-9-10-11-12-13-14-15-16-17-18-19-20-22-28-44(50)60-38(35-59-62(54,55)58-33-37(46)32-57-61(51,52)53)34-56-43(49)27-24-23-26-39-40(42(48)31-41(39)47)30-29-36(45)25-21-6-4-2/h12-13,15-16,18-19,23-24,29-30,36-42,45-48H,3-11,14,17,20-22,25-28,31-35H2,1-2H3,(H,54,55)(H2,51,52,53)/b13-12-,16-15-,19-18-,24-23-,30-29+/t36-,37+,38-,39+,40-,41+,42-/m1/s1. The summed E-state index contributed by atoms with van der Waals surface area (Å²) < 4.78 is 47.7. The van der Waals surface area contributed by atoms with Gasteiger partial charge in [0.05, 0.1) is 44.6 Å². The number of ether oxygens (including phenoxy) is 2. The number of rotatable bonds is 37. The van der Waals surface area contributed by atoms with Gasteiger partial charge in [-0.15, -0.1) is 0 Å². The lowest BCUT2D eigenvalue weighted by Gasteiger charge is -2.20. The molecule has 0 aromatic rings. The first-order valence-corrected chi connectivity index (χ1v) is 25.3. The van der Waals surface area contributed by atoms with Crippen LogP contribution in [-0.4, -0.2) is 104 Å². The molecule has 1 saturated carbocycles. The third-order valence-corrected chi connectivity index (χ3v) is 11.4. The van der Waals surface area contributed by atoms with Crippen molar-refractivity contribution in [1.82, 2.24) is 0 Å². The molecule has 0 aromatic carbocycles. The minimum atomic E-state index is -4.91. The Kier molecular flexibility index (Phi) is 32.6. The molecule has 0 spiro atoms. The first kappa shape index (κ1) is 57.7. The van der Waals surface area contributed by atoms with E-state index in [0.29, 0.717) is 25.7 Å². The average molecular weight is 923 g/mol. The number of unbranched alkanes of at least 4 members (excludes halogenated alkanes) is 9. The van der Waals surface area contributed by atoms with E-state index in [-0.39, 0.29) is 31.1 Å². The Morgan fingerprint density at radius 2 is 1.27 bits per heavy atom. The molecule has 0 aromatic heterocycles. The summed E-state index contributed by atoms with van der Waals surface area (Å²) in [6.45, 7) is 1.21. The zero-order valence-corrected chi connectivity index (χ0v) is 38.6. The molecular weight excluding hydrogens is 846 g/mol. The second-order valence-electron chi connectivity index (χ2n) is 15.6. The van der Waals surface area contributed by atoms with E-state index in [1.807, 2.05) is 12.2 Å². The monoisotopic (exact) mass is 922 g/mol. The van der Waals surface area contributed by atoms with E-state index >= 15 is 0 Å². The van der Waals surface area contributed by atoms with Crippen LogP contribution in [0.25, 0.3) is 0 Å². The highest BCUT2D eigenvalue weighted by atomic mass is 31.2. The molecule has 1 rings (SSSR count). The number of aliphatic hydroxyl groups excluding tert-OH is 4. The maximum absolute atomic E-state index is 12.7. The summed E-state index contributed by atoms with van der Waals surface area (Å²) >= 11 is 0. The zero-order valence-electron chi connectivity index (χ0n) is 36.8. The lowest BCUT2D eigenvalue weighted by Crippen LogP contribution is -2.29. The Balaban J connectivity index is 2.65. The highest BCUT2D eigenvalue weighted by molar-refractivity contribution is 7.47. The number of carbonyl (C=O) groups excluding carboxylic acids is 2. The number of phosphoric acid groups is 2. The Bertz CT molecular complexity index is 1440. The van der Waals surface area contributed by atoms with Gasteiger partial charge in [0.25, 0.3) is 0 Å². The Morgan fingerprint density at radius 3 is 1.95 bits per heavy atom. The predicted octanol–water partition coefficient (Wildman–Crippen LogP) is 7.61. The number of hydrogen-bond donors (Lipinski definition) is 7. The third kappa shape index (κ3) is 31.5. The summed E-state index contributed by atoms with van der Waals surface area (Å²) in [5.41, 5.74) is 0.